The topological polar surface area (TPSA) is 143 Å². The van der Waals surface area contributed by atoms with Gasteiger partial charge in [-0.25, -0.2) is 4.79 Å². The van der Waals surface area contributed by atoms with Gasteiger partial charge in [0.15, 0.2) is 12.4 Å². The van der Waals surface area contributed by atoms with E-state index in [2.05, 4.69) is 0 Å². The summed E-state index contributed by atoms with van der Waals surface area (Å²) >= 11 is 0. The third kappa shape index (κ3) is 5.63. The fraction of sp³-hybridized carbons (Fsp3) is 0.619. The number of Topliss-reactive ketones (excluding diaryl/α,β-unsaturated/α-hetero) is 1. The molecule has 6 atom stereocenters. The van der Waals surface area contributed by atoms with E-state index in [0.717, 1.165) is 0 Å². The van der Waals surface area contributed by atoms with Crippen molar-refractivity contribution in [2.45, 2.75) is 63.5 Å². The number of benzene rings is 1. The molecule has 0 aliphatic carbocycles. The first-order valence-corrected chi connectivity index (χ1v) is 9.87. The van der Waals surface area contributed by atoms with Crippen LogP contribution in [0.15, 0.2) is 30.3 Å². The first-order valence-electron chi connectivity index (χ1n) is 9.87. The maximum atomic E-state index is 12.9. The Hall–Kier alpha value is -1.88. The van der Waals surface area contributed by atoms with Crippen LogP contribution in [0.2, 0.25) is 0 Å². The third-order valence-electron chi connectivity index (χ3n) is 5.01. The lowest BCUT2D eigenvalue weighted by Gasteiger charge is -2.46. The van der Waals surface area contributed by atoms with Crippen molar-refractivity contribution in [1.82, 2.24) is 0 Å². The predicted molar refractivity (Wildman–Crippen MR) is 104 cm³/mol. The molecule has 1 aliphatic rings. The lowest BCUT2D eigenvalue weighted by molar-refractivity contribution is -0.327. The molecule has 0 saturated carbocycles. The van der Waals surface area contributed by atoms with E-state index >= 15 is 0 Å². The van der Waals surface area contributed by atoms with Gasteiger partial charge >= 0.3 is 5.97 Å². The van der Waals surface area contributed by atoms with Crippen LogP contribution >= 0.6 is 0 Å². The van der Waals surface area contributed by atoms with Crippen LogP contribution in [0.5, 0.6) is 0 Å². The number of hydrogen-bond acceptors (Lipinski definition) is 9. The number of carbonyl (C=O) groups excluding carboxylic acids is 2. The normalized spacial score (nSPS) is 28.7. The zero-order chi connectivity index (χ0) is 22.5. The van der Waals surface area contributed by atoms with Crippen LogP contribution in [-0.2, 0) is 19.0 Å². The van der Waals surface area contributed by atoms with Crippen LogP contribution in [0.3, 0.4) is 0 Å². The van der Waals surface area contributed by atoms with Gasteiger partial charge in [0, 0.05) is 17.9 Å². The highest BCUT2D eigenvalue weighted by molar-refractivity contribution is 5.98. The quantitative estimate of drug-likeness (QED) is 0.318. The molecule has 9 nitrogen and oxygen atoms in total. The van der Waals surface area contributed by atoms with Gasteiger partial charge in [0.05, 0.1) is 24.9 Å². The van der Waals surface area contributed by atoms with Gasteiger partial charge in [-0.2, -0.15) is 0 Å². The minimum atomic E-state index is -2.09. The summed E-state index contributed by atoms with van der Waals surface area (Å²) in [5.41, 5.74) is 0.363. The lowest BCUT2D eigenvalue weighted by Crippen LogP contribution is -2.62. The fourth-order valence-corrected chi connectivity index (χ4v) is 3.35. The Balaban J connectivity index is 2.22. The second-order valence-electron chi connectivity index (χ2n) is 7.74. The van der Waals surface area contributed by atoms with E-state index in [0.29, 0.717) is 5.56 Å². The summed E-state index contributed by atoms with van der Waals surface area (Å²) in [7, 11) is 0. The van der Waals surface area contributed by atoms with E-state index in [1.165, 1.54) is 0 Å². The Morgan fingerprint density at radius 1 is 1.23 bits per heavy atom. The summed E-state index contributed by atoms with van der Waals surface area (Å²) in [5, 5.41) is 39.8. The molecular formula is C21H30O9. The molecule has 168 valence electrons. The lowest BCUT2D eigenvalue weighted by atomic mass is 9.84. The van der Waals surface area contributed by atoms with Crippen molar-refractivity contribution in [3.63, 3.8) is 0 Å². The van der Waals surface area contributed by atoms with Crippen LogP contribution in [0.4, 0.5) is 0 Å². The van der Waals surface area contributed by atoms with Gasteiger partial charge in [-0.05, 0) is 13.8 Å². The molecule has 4 N–H and O–H groups in total. The average molecular weight is 426 g/mol. The Labute approximate surface area is 175 Å². The second kappa shape index (κ2) is 10.4. The molecule has 1 aromatic rings. The molecule has 0 aromatic heterocycles. The highest BCUT2D eigenvalue weighted by atomic mass is 16.7. The largest absolute Gasteiger partial charge is 0.453 e. The first-order chi connectivity index (χ1) is 14.1. The van der Waals surface area contributed by atoms with Gasteiger partial charge in [-0.1, -0.05) is 37.3 Å². The van der Waals surface area contributed by atoms with Crippen LogP contribution in [0.25, 0.3) is 0 Å². The van der Waals surface area contributed by atoms with Gasteiger partial charge in [-0.3, -0.25) is 4.79 Å². The van der Waals surface area contributed by atoms with E-state index < -0.39 is 67.2 Å². The highest BCUT2D eigenvalue weighted by Crippen LogP contribution is 2.37. The van der Waals surface area contributed by atoms with Crippen molar-refractivity contribution in [3.8, 4) is 0 Å². The molecule has 9 heteroatoms. The summed E-state index contributed by atoms with van der Waals surface area (Å²) in [5.74, 6) is -4.22. The van der Waals surface area contributed by atoms with E-state index in [-0.39, 0.29) is 6.42 Å². The number of carbonyl (C=O) groups is 2. The number of ether oxygens (including phenoxy) is 3. The molecule has 2 rings (SSSR count). The summed E-state index contributed by atoms with van der Waals surface area (Å²) in [6, 6.07) is 8.28. The molecular weight excluding hydrogens is 396 g/mol. The van der Waals surface area contributed by atoms with Crippen molar-refractivity contribution in [1.29, 1.82) is 0 Å². The monoisotopic (exact) mass is 426 g/mol. The van der Waals surface area contributed by atoms with Gasteiger partial charge in [0.1, 0.15) is 12.2 Å². The first kappa shape index (κ1) is 24.4. The van der Waals surface area contributed by atoms with Gasteiger partial charge in [-0.15, -0.1) is 0 Å². The second-order valence-corrected chi connectivity index (χ2v) is 7.74. The number of aliphatic hydroxyl groups is 4. The zero-order valence-electron chi connectivity index (χ0n) is 17.3. The summed E-state index contributed by atoms with van der Waals surface area (Å²) in [6.45, 7) is 3.56. The maximum Gasteiger partial charge on any atom is 0.367 e. The molecule has 0 bridgehead atoms. The van der Waals surface area contributed by atoms with Crippen molar-refractivity contribution in [2.24, 2.45) is 5.92 Å². The molecule has 1 aliphatic heterocycles. The van der Waals surface area contributed by atoms with E-state index in [9.17, 15) is 24.9 Å². The smallest absolute Gasteiger partial charge is 0.367 e. The minimum Gasteiger partial charge on any atom is -0.453 e. The minimum absolute atomic E-state index is 0.289. The summed E-state index contributed by atoms with van der Waals surface area (Å²) in [6.07, 6.45) is -6.32. The van der Waals surface area contributed by atoms with E-state index in [1.54, 1.807) is 51.1 Å². The zero-order valence-corrected chi connectivity index (χ0v) is 17.3. The Bertz CT molecular complexity index is 708. The van der Waals surface area contributed by atoms with Crippen molar-refractivity contribution >= 4 is 11.8 Å². The van der Waals surface area contributed by atoms with Crippen molar-refractivity contribution < 1.29 is 44.2 Å². The Morgan fingerprint density at radius 3 is 2.43 bits per heavy atom. The fourth-order valence-electron chi connectivity index (χ4n) is 3.35. The number of aliphatic hydroxyl groups excluding tert-OH is 4. The molecule has 1 fully saturated rings. The van der Waals surface area contributed by atoms with E-state index in [1.807, 2.05) is 0 Å². The molecule has 1 aromatic carbocycles. The van der Waals surface area contributed by atoms with Crippen molar-refractivity contribution in [3.05, 3.63) is 35.9 Å². The number of hydrogen-bond donors (Lipinski definition) is 4. The molecule has 30 heavy (non-hydrogen) atoms. The molecule has 0 spiro atoms. The molecule has 1 unspecified atom stereocenters. The average Bonchev–Trinajstić information content (AvgIpc) is 2.73. The third-order valence-corrected chi connectivity index (χ3v) is 5.01. The number of esters is 1. The molecule has 0 amide bonds. The SMILES string of the molecule is CC(C)O[C@]1(C(=O)OCC(=O)c2ccccc2)C[C@@H](O)[C@@H](C)C([C@H](O)[C@H](O)CO)O1. The van der Waals surface area contributed by atoms with Crippen LogP contribution in [0, 0.1) is 5.92 Å². The van der Waals surface area contributed by atoms with Crippen LogP contribution in [-0.4, -0.2) is 81.7 Å². The number of ketones is 1. The Morgan fingerprint density at radius 2 is 1.87 bits per heavy atom. The summed E-state index contributed by atoms with van der Waals surface area (Å²) in [4.78, 5) is 25.2. The number of rotatable bonds is 9. The summed E-state index contributed by atoms with van der Waals surface area (Å²) < 4.78 is 16.6. The Kier molecular flexibility index (Phi) is 8.48. The van der Waals surface area contributed by atoms with Crippen LogP contribution in [0.1, 0.15) is 37.6 Å². The van der Waals surface area contributed by atoms with Gasteiger partial charge in [0.25, 0.3) is 5.79 Å². The van der Waals surface area contributed by atoms with Crippen LogP contribution < -0.4 is 0 Å². The molecule has 1 heterocycles. The predicted octanol–water partition coefficient (Wildman–Crippen LogP) is 0.0338. The van der Waals surface area contributed by atoms with Gasteiger partial charge in [0.2, 0.25) is 0 Å². The molecule has 0 radical (unpaired) electrons. The highest BCUT2D eigenvalue weighted by Gasteiger charge is 2.55. The van der Waals surface area contributed by atoms with Crippen molar-refractivity contribution in [2.75, 3.05) is 13.2 Å². The molecule has 1 saturated heterocycles. The maximum absolute atomic E-state index is 12.9. The van der Waals surface area contributed by atoms with Gasteiger partial charge < -0.3 is 34.6 Å². The standard InChI is InChI=1S/C21H30O9/c1-12(2)29-21(20(27)28-11-17(25)14-7-5-4-6-8-14)9-15(23)13(3)19(30-21)18(26)16(24)10-22/h4-8,12-13,15-16,18-19,22-24,26H,9-11H2,1-3H3/t13-,15-,16-,18-,19?,21-/m1/s1. The van der Waals surface area contributed by atoms with E-state index in [4.69, 9.17) is 19.3 Å².